The first-order chi connectivity index (χ1) is 6.70. The molecule has 1 aliphatic rings. The summed E-state index contributed by atoms with van der Waals surface area (Å²) in [6, 6.07) is 8.38. The van der Waals surface area contributed by atoms with Crippen LogP contribution in [0.25, 0.3) is 0 Å². The van der Waals surface area contributed by atoms with Crippen molar-refractivity contribution in [2.45, 2.75) is 37.6 Å². The molecule has 14 heavy (non-hydrogen) atoms. The van der Waals surface area contributed by atoms with Gasteiger partial charge in [-0.05, 0) is 30.9 Å². The lowest BCUT2D eigenvalue weighted by molar-refractivity contribution is 0.436. The van der Waals surface area contributed by atoms with Crippen LogP contribution in [0.1, 0.15) is 31.2 Å². The maximum Gasteiger partial charge on any atom is 0.0207 e. The molecule has 1 nitrogen and oxygen atoms in total. The molecule has 0 atom stereocenters. The minimum atomic E-state index is 0.0594. The fraction of sp³-hybridized carbons (Fsp3) is 0.500. The van der Waals surface area contributed by atoms with Crippen LogP contribution in [0.3, 0.4) is 0 Å². The number of hydrogen-bond acceptors (Lipinski definition) is 1. The normalized spacial score (nSPS) is 19.9. The number of halogens is 1. The molecular formula is C12H16BrN. The molecule has 0 heterocycles. The van der Waals surface area contributed by atoms with Gasteiger partial charge in [0.1, 0.15) is 0 Å². The van der Waals surface area contributed by atoms with Gasteiger partial charge in [-0.2, -0.15) is 0 Å². The van der Waals surface area contributed by atoms with Crippen LogP contribution in [0.4, 0.5) is 0 Å². The van der Waals surface area contributed by atoms with Crippen molar-refractivity contribution in [3.05, 3.63) is 34.3 Å². The van der Waals surface area contributed by atoms with E-state index in [0.29, 0.717) is 0 Å². The van der Waals surface area contributed by atoms with Gasteiger partial charge in [0.05, 0.1) is 0 Å². The minimum Gasteiger partial charge on any atom is -0.325 e. The van der Waals surface area contributed by atoms with E-state index in [0.717, 1.165) is 6.42 Å². The zero-order valence-corrected chi connectivity index (χ0v) is 9.89. The summed E-state index contributed by atoms with van der Waals surface area (Å²) in [5.74, 6) is 0. The lowest BCUT2D eigenvalue weighted by Crippen LogP contribution is -2.38. The quantitative estimate of drug-likeness (QED) is 0.861. The van der Waals surface area contributed by atoms with Crippen molar-refractivity contribution >= 4 is 15.9 Å². The van der Waals surface area contributed by atoms with Crippen LogP contribution in [0.15, 0.2) is 28.7 Å². The van der Waals surface area contributed by atoms with Crippen LogP contribution >= 0.6 is 15.9 Å². The average molecular weight is 254 g/mol. The summed E-state index contributed by atoms with van der Waals surface area (Å²) in [5.41, 5.74) is 7.74. The van der Waals surface area contributed by atoms with Crippen LogP contribution in [-0.4, -0.2) is 5.54 Å². The van der Waals surface area contributed by atoms with Crippen LogP contribution < -0.4 is 5.73 Å². The van der Waals surface area contributed by atoms with Crippen molar-refractivity contribution in [2.75, 3.05) is 0 Å². The predicted octanol–water partition coefficient (Wildman–Crippen LogP) is 3.26. The molecule has 0 aromatic heterocycles. The fourth-order valence-electron chi connectivity index (χ4n) is 2.28. The van der Waals surface area contributed by atoms with Gasteiger partial charge in [0.15, 0.2) is 0 Å². The summed E-state index contributed by atoms with van der Waals surface area (Å²) in [5, 5.41) is 0. The highest BCUT2D eigenvalue weighted by atomic mass is 79.9. The lowest BCUT2D eigenvalue weighted by atomic mass is 9.90. The second-order valence-corrected chi connectivity index (χ2v) is 5.19. The van der Waals surface area contributed by atoms with Crippen molar-refractivity contribution in [1.29, 1.82) is 0 Å². The van der Waals surface area contributed by atoms with Crippen molar-refractivity contribution in [3.8, 4) is 0 Å². The summed E-state index contributed by atoms with van der Waals surface area (Å²) in [7, 11) is 0. The monoisotopic (exact) mass is 253 g/mol. The van der Waals surface area contributed by atoms with Crippen LogP contribution in [-0.2, 0) is 6.42 Å². The van der Waals surface area contributed by atoms with Crippen LogP contribution in [0.5, 0.6) is 0 Å². The minimum absolute atomic E-state index is 0.0594. The maximum atomic E-state index is 6.34. The predicted molar refractivity (Wildman–Crippen MR) is 63.2 cm³/mol. The highest BCUT2D eigenvalue weighted by Gasteiger charge is 2.29. The van der Waals surface area contributed by atoms with Gasteiger partial charge >= 0.3 is 0 Å². The molecule has 76 valence electrons. The van der Waals surface area contributed by atoms with E-state index < -0.39 is 0 Å². The Bertz CT molecular complexity index is 316. The van der Waals surface area contributed by atoms with Gasteiger partial charge in [0.25, 0.3) is 0 Å². The Morgan fingerprint density at radius 2 is 1.86 bits per heavy atom. The van der Waals surface area contributed by atoms with Gasteiger partial charge in [-0.15, -0.1) is 0 Å². The van der Waals surface area contributed by atoms with Crippen molar-refractivity contribution in [1.82, 2.24) is 0 Å². The standard InChI is InChI=1S/C12H16BrN/c13-11-6-2-1-5-10(11)9-12(14)7-3-4-8-12/h1-2,5-6H,3-4,7-9,14H2. The van der Waals surface area contributed by atoms with Gasteiger partial charge in [0.2, 0.25) is 0 Å². The summed E-state index contributed by atoms with van der Waals surface area (Å²) < 4.78 is 1.19. The molecule has 0 spiro atoms. The molecule has 0 unspecified atom stereocenters. The molecule has 0 amide bonds. The Morgan fingerprint density at radius 1 is 1.21 bits per heavy atom. The Balaban J connectivity index is 2.14. The summed E-state index contributed by atoms with van der Waals surface area (Å²) in [4.78, 5) is 0. The van der Waals surface area contributed by atoms with Gasteiger partial charge in [-0.3, -0.25) is 0 Å². The number of hydrogen-bond donors (Lipinski definition) is 1. The fourth-order valence-corrected chi connectivity index (χ4v) is 2.70. The summed E-state index contributed by atoms with van der Waals surface area (Å²) in [6.45, 7) is 0. The van der Waals surface area contributed by atoms with Gasteiger partial charge < -0.3 is 5.73 Å². The lowest BCUT2D eigenvalue weighted by Gasteiger charge is -2.24. The van der Waals surface area contributed by atoms with Gasteiger partial charge in [-0.1, -0.05) is 47.0 Å². The maximum absolute atomic E-state index is 6.34. The van der Waals surface area contributed by atoms with E-state index in [1.165, 1.54) is 35.7 Å². The van der Waals surface area contributed by atoms with Crippen molar-refractivity contribution in [2.24, 2.45) is 5.73 Å². The van der Waals surface area contributed by atoms with Crippen molar-refractivity contribution in [3.63, 3.8) is 0 Å². The third-order valence-corrected chi connectivity index (χ3v) is 3.87. The van der Waals surface area contributed by atoms with E-state index >= 15 is 0 Å². The van der Waals surface area contributed by atoms with E-state index in [-0.39, 0.29) is 5.54 Å². The van der Waals surface area contributed by atoms with Gasteiger partial charge in [0, 0.05) is 10.0 Å². The second-order valence-electron chi connectivity index (χ2n) is 4.34. The third kappa shape index (κ3) is 2.18. The molecule has 1 fully saturated rings. The topological polar surface area (TPSA) is 26.0 Å². The van der Waals surface area contributed by atoms with E-state index in [1.807, 2.05) is 6.07 Å². The highest BCUT2D eigenvalue weighted by molar-refractivity contribution is 9.10. The Morgan fingerprint density at radius 3 is 2.50 bits per heavy atom. The SMILES string of the molecule is NC1(Cc2ccccc2Br)CCCC1. The Labute approximate surface area is 93.8 Å². The molecule has 2 rings (SSSR count). The number of benzene rings is 1. The first-order valence-electron chi connectivity index (χ1n) is 5.22. The molecule has 0 bridgehead atoms. The number of rotatable bonds is 2. The molecule has 0 radical (unpaired) electrons. The zero-order valence-electron chi connectivity index (χ0n) is 8.30. The molecule has 0 aliphatic heterocycles. The molecule has 0 saturated heterocycles. The van der Waals surface area contributed by atoms with E-state index in [2.05, 4.69) is 34.1 Å². The first-order valence-corrected chi connectivity index (χ1v) is 6.01. The number of nitrogens with two attached hydrogens (primary N) is 1. The Kier molecular flexibility index (Phi) is 2.93. The van der Waals surface area contributed by atoms with E-state index in [4.69, 9.17) is 5.73 Å². The molecule has 1 saturated carbocycles. The third-order valence-electron chi connectivity index (χ3n) is 3.10. The van der Waals surface area contributed by atoms with E-state index in [9.17, 15) is 0 Å². The zero-order chi connectivity index (χ0) is 10.0. The van der Waals surface area contributed by atoms with Crippen LogP contribution in [0, 0.1) is 0 Å². The Hall–Kier alpha value is -0.340. The second kappa shape index (κ2) is 4.03. The molecule has 1 aliphatic carbocycles. The average Bonchev–Trinajstić information content (AvgIpc) is 2.57. The summed E-state index contributed by atoms with van der Waals surface area (Å²) in [6.07, 6.45) is 5.94. The first kappa shape index (κ1) is 10.2. The van der Waals surface area contributed by atoms with Crippen LogP contribution in [0.2, 0.25) is 0 Å². The molecule has 1 aromatic rings. The summed E-state index contributed by atoms with van der Waals surface area (Å²) >= 11 is 3.57. The molecular weight excluding hydrogens is 238 g/mol. The smallest absolute Gasteiger partial charge is 0.0207 e. The molecule has 1 aromatic carbocycles. The van der Waals surface area contributed by atoms with Gasteiger partial charge in [-0.25, -0.2) is 0 Å². The highest BCUT2D eigenvalue weighted by Crippen LogP contribution is 2.32. The van der Waals surface area contributed by atoms with Crippen molar-refractivity contribution < 1.29 is 0 Å². The van der Waals surface area contributed by atoms with E-state index in [1.54, 1.807) is 0 Å². The molecule has 2 N–H and O–H groups in total. The molecule has 2 heteroatoms. The largest absolute Gasteiger partial charge is 0.325 e.